The van der Waals surface area contributed by atoms with Gasteiger partial charge in [-0.25, -0.2) is 0 Å². The zero-order chi connectivity index (χ0) is 10.3. The molecule has 0 aromatic rings. The molecule has 0 bridgehead atoms. The molecule has 2 nitrogen and oxygen atoms in total. The van der Waals surface area contributed by atoms with Gasteiger partial charge in [-0.05, 0) is 12.8 Å². The van der Waals surface area contributed by atoms with Crippen molar-refractivity contribution in [2.24, 2.45) is 5.92 Å². The maximum absolute atomic E-state index is 11.5. The Morgan fingerprint density at radius 2 is 2.08 bits per heavy atom. The summed E-state index contributed by atoms with van der Waals surface area (Å²) in [4.78, 5) is 11.5. The van der Waals surface area contributed by atoms with Gasteiger partial charge in [0.2, 0.25) is 0 Å². The average Bonchev–Trinajstić information content (AvgIpc) is 2.05. The van der Waals surface area contributed by atoms with Crippen LogP contribution in [0.1, 0.15) is 33.6 Å². The van der Waals surface area contributed by atoms with E-state index in [2.05, 4.69) is 11.8 Å². The Morgan fingerprint density at radius 3 is 2.46 bits per heavy atom. The summed E-state index contributed by atoms with van der Waals surface area (Å²) >= 11 is 0. The van der Waals surface area contributed by atoms with E-state index in [4.69, 9.17) is 4.74 Å². The van der Waals surface area contributed by atoms with Crippen molar-refractivity contribution in [1.29, 1.82) is 0 Å². The molecule has 0 heterocycles. The van der Waals surface area contributed by atoms with E-state index in [0.29, 0.717) is 12.8 Å². The number of carbonyl (C=O) groups is 1. The quantitative estimate of drug-likeness (QED) is 0.608. The van der Waals surface area contributed by atoms with Gasteiger partial charge in [-0.3, -0.25) is 4.79 Å². The van der Waals surface area contributed by atoms with Crippen LogP contribution in [0, 0.1) is 17.8 Å². The van der Waals surface area contributed by atoms with E-state index in [9.17, 15) is 4.79 Å². The lowest BCUT2D eigenvalue weighted by Crippen LogP contribution is -2.28. The number of rotatable bonds is 5. The summed E-state index contributed by atoms with van der Waals surface area (Å²) in [5.74, 6) is 6.03. The molecular formula is C11H18O2. The molecular weight excluding hydrogens is 164 g/mol. The van der Waals surface area contributed by atoms with Crippen molar-refractivity contribution >= 4 is 5.78 Å². The van der Waals surface area contributed by atoms with Gasteiger partial charge in [0.05, 0.1) is 0 Å². The Labute approximate surface area is 80.7 Å². The first-order valence-electron chi connectivity index (χ1n) is 4.58. The van der Waals surface area contributed by atoms with Crippen LogP contribution in [0.2, 0.25) is 0 Å². The molecule has 0 aliphatic heterocycles. The summed E-state index contributed by atoms with van der Waals surface area (Å²) in [6, 6.07) is 0. The second-order valence-electron chi connectivity index (χ2n) is 3.29. The van der Waals surface area contributed by atoms with Crippen LogP contribution in [-0.4, -0.2) is 19.0 Å². The molecule has 0 aromatic heterocycles. The average molecular weight is 182 g/mol. The molecule has 0 N–H and O–H groups in total. The molecule has 2 heteroatoms. The molecule has 0 amide bonds. The highest BCUT2D eigenvalue weighted by atomic mass is 16.5. The fourth-order valence-electron chi connectivity index (χ4n) is 1.23. The second kappa shape index (κ2) is 6.68. The summed E-state index contributed by atoms with van der Waals surface area (Å²) in [5.41, 5.74) is 0. The Bertz CT molecular complexity index is 208. The fourth-order valence-corrected chi connectivity index (χ4v) is 1.23. The number of ether oxygens (including phenoxy) is 1. The van der Waals surface area contributed by atoms with Crippen molar-refractivity contribution in [2.45, 2.75) is 39.7 Å². The molecule has 0 aliphatic rings. The molecule has 0 rings (SSSR count). The minimum Gasteiger partial charge on any atom is -0.373 e. The van der Waals surface area contributed by atoms with Crippen LogP contribution in [0.25, 0.3) is 0 Å². The van der Waals surface area contributed by atoms with Crippen LogP contribution in [0.3, 0.4) is 0 Å². The van der Waals surface area contributed by atoms with Gasteiger partial charge < -0.3 is 4.74 Å². The van der Waals surface area contributed by atoms with Crippen molar-refractivity contribution in [3.05, 3.63) is 0 Å². The van der Waals surface area contributed by atoms with Gasteiger partial charge in [0.15, 0.2) is 5.78 Å². The molecule has 0 aliphatic carbocycles. The van der Waals surface area contributed by atoms with Crippen molar-refractivity contribution in [3.63, 3.8) is 0 Å². The number of Topliss-reactive ketones (excluding diaryl/α,β-unsaturated/α-hetero) is 1. The van der Waals surface area contributed by atoms with Crippen LogP contribution in [0.15, 0.2) is 0 Å². The van der Waals surface area contributed by atoms with Crippen molar-refractivity contribution in [1.82, 2.24) is 0 Å². The zero-order valence-electron chi connectivity index (χ0n) is 8.89. The first-order valence-corrected chi connectivity index (χ1v) is 4.58. The van der Waals surface area contributed by atoms with E-state index in [1.165, 1.54) is 0 Å². The molecule has 0 saturated carbocycles. The lowest BCUT2D eigenvalue weighted by molar-refractivity contribution is -0.131. The van der Waals surface area contributed by atoms with E-state index in [1.807, 2.05) is 13.8 Å². The highest BCUT2D eigenvalue weighted by molar-refractivity contribution is 5.83. The topological polar surface area (TPSA) is 26.3 Å². The molecule has 0 spiro atoms. The van der Waals surface area contributed by atoms with Crippen LogP contribution in [-0.2, 0) is 9.53 Å². The number of hydrogen-bond donors (Lipinski definition) is 0. The molecule has 0 saturated heterocycles. The van der Waals surface area contributed by atoms with Gasteiger partial charge in [0, 0.05) is 20.0 Å². The van der Waals surface area contributed by atoms with Crippen molar-refractivity contribution < 1.29 is 9.53 Å². The number of methoxy groups -OCH3 is 1. The number of ketones is 1. The van der Waals surface area contributed by atoms with E-state index in [-0.39, 0.29) is 17.8 Å². The first-order chi connectivity index (χ1) is 6.13. The van der Waals surface area contributed by atoms with E-state index >= 15 is 0 Å². The smallest absolute Gasteiger partial charge is 0.162 e. The molecule has 0 fully saturated rings. The van der Waals surface area contributed by atoms with Gasteiger partial charge in [0.25, 0.3) is 0 Å². The first kappa shape index (κ1) is 12.2. The maximum atomic E-state index is 11.5. The molecule has 0 radical (unpaired) electrons. The highest BCUT2D eigenvalue weighted by Crippen LogP contribution is 2.09. The summed E-state index contributed by atoms with van der Waals surface area (Å²) in [5, 5.41) is 0. The SMILES string of the molecule is CC#CCCC(=O)C(OC)C(C)C. The third kappa shape index (κ3) is 4.69. The Morgan fingerprint density at radius 1 is 1.46 bits per heavy atom. The summed E-state index contributed by atoms with van der Waals surface area (Å²) in [6.45, 7) is 5.75. The zero-order valence-corrected chi connectivity index (χ0v) is 8.89. The Kier molecular flexibility index (Phi) is 6.26. The summed E-state index contributed by atoms with van der Waals surface area (Å²) in [6.07, 6.45) is 0.873. The molecule has 1 atom stereocenters. The summed E-state index contributed by atoms with van der Waals surface area (Å²) in [7, 11) is 1.58. The van der Waals surface area contributed by atoms with Gasteiger partial charge in [-0.15, -0.1) is 11.8 Å². The van der Waals surface area contributed by atoms with Crippen molar-refractivity contribution in [3.8, 4) is 11.8 Å². The van der Waals surface area contributed by atoms with Crippen LogP contribution >= 0.6 is 0 Å². The van der Waals surface area contributed by atoms with Gasteiger partial charge in [-0.1, -0.05) is 13.8 Å². The molecule has 13 heavy (non-hydrogen) atoms. The standard InChI is InChI=1S/C11H18O2/c1-5-6-7-8-10(12)11(13-4)9(2)3/h9,11H,7-8H2,1-4H3. The van der Waals surface area contributed by atoms with Gasteiger partial charge >= 0.3 is 0 Å². The molecule has 1 unspecified atom stereocenters. The molecule has 0 aromatic carbocycles. The van der Waals surface area contributed by atoms with Crippen LogP contribution < -0.4 is 0 Å². The maximum Gasteiger partial charge on any atom is 0.162 e. The van der Waals surface area contributed by atoms with E-state index < -0.39 is 0 Å². The predicted octanol–water partition coefficient (Wildman–Crippen LogP) is 2.03. The lowest BCUT2D eigenvalue weighted by atomic mass is 10.00. The third-order valence-electron chi connectivity index (χ3n) is 1.85. The Balaban J connectivity index is 3.96. The van der Waals surface area contributed by atoms with Crippen LogP contribution in [0.5, 0.6) is 0 Å². The highest BCUT2D eigenvalue weighted by Gasteiger charge is 2.20. The van der Waals surface area contributed by atoms with Crippen LogP contribution in [0.4, 0.5) is 0 Å². The van der Waals surface area contributed by atoms with Gasteiger partial charge in [0.1, 0.15) is 6.10 Å². The monoisotopic (exact) mass is 182 g/mol. The minimum atomic E-state index is -0.265. The minimum absolute atomic E-state index is 0.153. The predicted molar refractivity (Wildman–Crippen MR) is 53.3 cm³/mol. The third-order valence-corrected chi connectivity index (χ3v) is 1.85. The largest absolute Gasteiger partial charge is 0.373 e. The summed E-state index contributed by atoms with van der Waals surface area (Å²) < 4.78 is 5.11. The van der Waals surface area contributed by atoms with Gasteiger partial charge in [-0.2, -0.15) is 0 Å². The number of carbonyl (C=O) groups excluding carboxylic acids is 1. The van der Waals surface area contributed by atoms with E-state index in [0.717, 1.165) is 0 Å². The fraction of sp³-hybridized carbons (Fsp3) is 0.727. The normalized spacial score (nSPS) is 12.1. The number of hydrogen-bond acceptors (Lipinski definition) is 2. The Hall–Kier alpha value is -0.810. The lowest BCUT2D eigenvalue weighted by Gasteiger charge is -2.16. The van der Waals surface area contributed by atoms with Crippen molar-refractivity contribution in [2.75, 3.05) is 7.11 Å². The second-order valence-corrected chi connectivity index (χ2v) is 3.29. The van der Waals surface area contributed by atoms with E-state index in [1.54, 1.807) is 14.0 Å². The molecule has 74 valence electrons.